The normalized spacial score (nSPS) is 16.6. The van der Waals surface area contributed by atoms with Crippen LogP contribution in [0.5, 0.6) is 0 Å². The van der Waals surface area contributed by atoms with Crippen molar-refractivity contribution in [2.24, 2.45) is 4.99 Å². The Bertz CT molecular complexity index is 172. The highest BCUT2D eigenvalue weighted by Crippen LogP contribution is 2.09. The summed E-state index contributed by atoms with van der Waals surface area (Å²) in [5.41, 5.74) is 1.26. The Morgan fingerprint density at radius 1 is 1.64 bits per heavy atom. The summed E-state index contributed by atoms with van der Waals surface area (Å²) in [4.78, 5) is 15.2. The fourth-order valence-corrected chi connectivity index (χ4v) is 1.26. The van der Waals surface area contributed by atoms with Gasteiger partial charge in [-0.2, -0.15) is 0 Å². The number of hydrogen-bond donors (Lipinski definition) is 0. The smallest absolute Gasteiger partial charge is 0.133 e. The van der Waals surface area contributed by atoms with Crippen LogP contribution in [-0.4, -0.2) is 18.0 Å². The van der Waals surface area contributed by atoms with Crippen molar-refractivity contribution in [3.05, 3.63) is 0 Å². The summed E-state index contributed by atoms with van der Waals surface area (Å²) in [5, 5.41) is 0. The SMILES string of the molecule is CCC(=O)CCC1=NCCC1. The maximum atomic E-state index is 10.9. The van der Waals surface area contributed by atoms with Gasteiger partial charge in [-0.25, -0.2) is 0 Å². The van der Waals surface area contributed by atoms with Crippen molar-refractivity contribution >= 4 is 11.5 Å². The van der Waals surface area contributed by atoms with Gasteiger partial charge < -0.3 is 0 Å². The molecule has 62 valence electrons. The fourth-order valence-electron chi connectivity index (χ4n) is 1.26. The number of ketones is 1. The zero-order valence-electron chi connectivity index (χ0n) is 7.10. The first-order valence-electron chi connectivity index (χ1n) is 4.37. The van der Waals surface area contributed by atoms with E-state index in [0.717, 1.165) is 19.4 Å². The van der Waals surface area contributed by atoms with Crippen LogP contribution >= 0.6 is 0 Å². The first-order valence-corrected chi connectivity index (χ1v) is 4.37. The van der Waals surface area contributed by atoms with E-state index in [9.17, 15) is 4.79 Å². The molecule has 0 N–H and O–H groups in total. The van der Waals surface area contributed by atoms with E-state index in [1.54, 1.807) is 0 Å². The molecule has 1 heterocycles. The minimum Gasteiger partial charge on any atom is -0.300 e. The second-order valence-corrected chi connectivity index (χ2v) is 2.94. The molecule has 1 aliphatic rings. The molecule has 1 aliphatic heterocycles. The van der Waals surface area contributed by atoms with Gasteiger partial charge in [0.2, 0.25) is 0 Å². The second kappa shape index (κ2) is 4.27. The molecule has 0 saturated carbocycles. The average Bonchev–Trinajstić information content (AvgIpc) is 2.52. The molecule has 0 amide bonds. The van der Waals surface area contributed by atoms with Gasteiger partial charge in [-0.05, 0) is 19.3 Å². The minimum absolute atomic E-state index is 0.361. The van der Waals surface area contributed by atoms with E-state index < -0.39 is 0 Å². The van der Waals surface area contributed by atoms with E-state index >= 15 is 0 Å². The monoisotopic (exact) mass is 153 g/mol. The molecule has 0 aromatic rings. The molecule has 11 heavy (non-hydrogen) atoms. The summed E-state index contributed by atoms with van der Waals surface area (Å²) in [6, 6.07) is 0. The molecule has 0 bridgehead atoms. The van der Waals surface area contributed by atoms with Crippen molar-refractivity contribution in [3.8, 4) is 0 Å². The molecule has 0 atom stereocenters. The molecular formula is C9H15NO. The van der Waals surface area contributed by atoms with Crippen LogP contribution in [0.3, 0.4) is 0 Å². The number of rotatable bonds is 4. The van der Waals surface area contributed by atoms with Crippen LogP contribution in [0, 0.1) is 0 Å². The lowest BCUT2D eigenvalue weighted by Crippen LogP contribution is -2.00. The number of aliphatic imine (C=N–C) groups is 1. The van der Waals surface area contributed by atoms with E-state index in [1.165, 1.54) is 12.1 Å². The summed E-state index contributed by atoms with van der Waals surface area (Å²) >= 11 is 0. The number of carbonyl (C=O) groups excluding carboxylic acids is 1. The van der Waals surface area contributed by atoms with Crippen LogP contribution in [0.4, 0.5) is 0 Å². The van der Waals surface area contributed by atoms with Crippen molar-refractivity contribution in [2.45, 2.75) is 39.0 Å². The van der Waals surface area contributed by atoms with Gasteiger partial charge in [0.05, 0.1) is 0 Å². The lowest BCUT2D eigenvalue weighted by Gasteiger charge is -1.96. The van der Waals surface area contributed by atoms with Crippen molar-refractivity contribution in [3.63, 3.8) is 0 Å². The molecule has 2 heteroatoms. The number of Topliss-reactive ketones (excluding diaryl/α,β-unsaturated/α-hetero) is 1. The highest BCUT2D eigenvalue weighted by molar-refractivity contribution is 5.90. The largest absolute Gasteiger partial charge is 0.300 e. The summed E-state index contributed by atoms with van der Waals surface area (Å²) < 4.78 is 0. The first kappa shape index (κ1) is 8.44. The van der Waals surface area contributed by atoms with Crippen LogP contribution in [0.15, 0.2) is 4.99 Å². The Labute approximate surface area is 67.7 Å². The van der Waals surface area contributed by atoms with Gasteiger partial charge in [-0.1, -0.05) is 6.92 Å². The van der Waals surface area contributed by atoms with Crippen LogP contribution in [0.1, 0.15) is 39.0 Å². The molecule has 0 spiro atoms. The Hall–Kier alpha value is -0.660. The van der Waals surface area contributed by atoms with E-state index in [2.05, 4.69) is 4.99 Å². The van der Waals surface area contributed by atoms with Crippen LogP contribution in [0.25, 0.3) is 0 Å². The molecule has 0 saturated heterocycles. The topological polar surface area (TPSA) is 29.4 Å². The molecular weight excluding hydrogens is 138 g/mol. The van der Waals surface area contributed by atoms with Gasteiger partial charge >= 0.3 is 0 Å². The number of nitrogens with zero attached hydrogens (tertiary/aromatic N) is 1. The Morgan fingerprint density at radius 3 is 3.00 bits per heavy atom. The van der Waals surface area contributed by atoms with Gasteiger partial charge in [0, 0.05) is 25.1 Å². The molecule has 0 fully saturated rings. The van der Waals surface area contributed by atoms with Crippen LogP contribution in [-0.2, 0) is 4.79 Å². The first-order chi connectivity index (χ1) is 5.33. The Kier molecular flexibility index (Phi) is 3.27. The highest BCUT2D eigenvalue weighted by atomic mass is 16.1. The Morgan fingerprint density at radius 2 is 2.45 bits per heavy atom. The van der Waals surface area contributed by atoms with E-state index in [1.807, 2.05) is 6.92 Å². The average molecular weight is 153 g/mol. The minimum atomic E-state index is 0.361. The van der Waals surface area contributed by atoms with Crippen LogP contribution in [0.2, 0.25) is 0 Å². The summed E-state index contributed by atoms with van der Waals surface area (Å²) in [6.07, 6.45) is 4.60. The van der Waals surface area contributed by atoms with Gasteiger partial charge in [-0.15, -0.1) is 0 Å². The second-order valence-electron chi connectivity index (χ2n) is 2.94. The summed E-state index contributed by atoms with van der Waals surface area (Å²) in [5.74, 6) is 0.361. The molecule has 0 aliphatic carbocycles. The standard InChI is InChI=1S/C9H15NO/c1-2-9(11)6-5-8-4-3-7-10-8/h2-7H2,1H3. The molecule has 1 rings (SSSR count). The molecule has 0 radical (unpaired) electrons. The quantitative estimate of drug-likeness (QED) is 0.607. The third kappa shape index (κ3) is 2.83. The summed E-state index contributed by atoms with van der Waals surface area (Å²) in [7, 11) is 0. The molecule has 0 aromatic heterocycles. The van der Waals surface area contributed by atoms with Crippen molar-refractivity contribution < 1.29 is 4.79 Å². The summed E-state index contributed by atoms with van der Waals surface area (Å²) in [6.45, 7) is 2.90. The zero-order valence-corrected chi connectivity index (χ0v) is 7.10. The maximum Gasteiger partial charge on any atom is 0.133 e. The van der Waals surface area contributed by atoms with Gasteiger partial charge in [-0.3, -0.25) is 9.79 Å². The predicted molar refractivity (Wildman–Crippen MR) is 46.1 cm³/mol. The van der Waals surface area contributed by atoms with E-state index in [4.69, 9.17) is 0 Å². The van der Waals surface area contributed by atoms with E-state index in [-0.39, 0.29) is 0 Å². The van der Waals surface area contributed by atoms with Crippen molar-refractivity contribution in [1.82, 2.24) is 0 Å². The number of hydrogen-bond acceptors (Lipinski definition) is 2. The van der Waals surface area contributed by atoms with Gasteiger partial charge in [0.15, 0.2) is 0 Å². The third-order valence-electron chi connectivity index (χ3n) is 2.05. The fraction of sp³-hybridized carbons (Fsp3) is 0.778. The van der Waals surface area contributed by atoms with Gasteiger partial charge in [0.25, 0.3) is 0 Å². The number of carbonyl (C=O) groups is 1. The zero-order chi connectivity index (χ0) is 8.10. The highest BCUT2D eigenvalue weighted by Gasteiger charge is 2.07. The van der Waals surface area contributed by atoms with Crippen molar-refractivity contribution in [2.75, 3.05) is 6.54 Å². The predicted octanol–water partition coefficient (Wildman–Crippen LogP) is 1.98. The molecule has 0 unspecified atom stereocenters. The lowest BCUT2D eigenvalue weighted by molar-refractivity contribution is -0.118. The molecule has 0 aromatic carbocycles. The van der Waals surface area contributed by atoms with Crippen molar-refractivity contribution in [1.29, 1.82) is 0 Å². The Balaban J connectivity index is 2.16. The molecule has 2 nitrogen and oxygen atoms in total. The lowest BCUT2D eigenvalue weighted by atomic mass is 10.1. The van der Waals surface area contributed by atoms with E-state index in [0.29, 0.717) is 18.6 Å². The maximum absolute atomic E-state index is 10.9. The van der Waals surface area contributed by atoms with Gasteiger partial charge in [0.1, 0.15) is 5.78 Å². The van der Waals surface area contributed by atoms with Crippen LogP contribution < -0.4 is 0 Å². The third-order valence-corrected chi connectivity index (χ3v) is 2.05.